The number of halogens is 2. The van der Waals surface area contributed by atoms with Gasteiger partial charge >= 0.3 is 0 Å². The van der Waals surface area contributed by atoms with E-state index in [0.29, 0.717) is 17.6 Å². The molecule has 90 valence electrons. The van der Waals surface area contributed by atoms with Gasteiger partial charge in [-0.2, -0.15) is 0 Å². The van der Waals surface area contributed by atoms with Gasteiger partial charge in [0.25, 0.3) is 0 Å². The molecule has 0 atom stereocenters. The Balaban J connectivity index is 2.58. The molecule has 0 radical (unpaired) electrons. The zero-order valence-corrected chi connectivity index (χ0v) is 10.7. The van der Waals surface area contributed by atoms with Crippen molar-refractivity contribution >= 4 is 35.1 Å². The molecule has 5 heteroatoms. The molecule has 2 rings (SSSR count). The molecule has 0 N–H and O–H groups in total. The van der Waals surface area contributed by atoms with Gasteiger partial charge in [0.1, 0.15) is 5.15 Å². The lowest BCUT2D eigenvalue weighted by molar-refractivity contribution is 0.112. The molecule has 0 saturated carbocycles. The van der Waals surface area contributed by atoms with Crippen molar-refractivity contribution in [3.63, 3.8) is 0 Å². The number of aldehydes is 1. The summed E-state index contributed by atoms with van der Waals surface area (Å²) < 4.78 is 0. The summed E-state index contributed by atoms with van der Waals surface area (Å²) in [7, 11) is 0. The van der Waals surface area contributed by atoms with Gasteiger partial charge in [0.2, 0.25) is 5.28 Å². The summed E-state index contributed by atoms with van der Waals surface area (Å²) in [5.74, 6) is 0. The zero-order valence-electron chi connectivity index (χ0n) is 9.23. The largest absolute Gasteiger partial charge is 0.298 e. The molecule has 0 aliphatic carbocycles. The summed E-state index contributed by atoms with van der Waals surface area (Å²) in [6.45, 7) is 3.92. The van der Waals surface area contributed by atoms with E-state index in [1.165, 1.54) is 0 Å². The molecule has 0 bridgehead atoms. The molecular formula is C13H8Cl2N2O. The van der Waals surface area contributed by atoms with E-state index in [-0.39, 0.29) is 16.0 Å². The first-order valence-electron chi connectivity index (χ1n) is 5.06. The summed E-state index contributed by atoms with van der Waals surface area (Å²) in [6, 6.07) is 9.34. The fourth-order valence-corrected chi connectivity index (χ4v) is 1.95. The summed E-state index contributed by atoms with van der Waals surface area (Å²) in [5.41, 5.74) is 1.95. The fourth-order valence-electron chi connectivity index (χ4n) is 1.53. The first-order valence-corrected chi connectivity index (χ1v) is 5.82. The molecule has 1 aromatic heterocycles. The quantitative estimate of drug-likeness (QED) is 0.489. The van der Waals surface area contributed by atoms with Gasteiger partial charge in [-0.25, -0.2) is 9.97 Å². The van der Waals surface area contributed by atoms with Crippen molar-refractivity contribution in [1.82, 2.24) is 9.97 Å². The second kappa shape index (κ2) is 5.29. The maximum Gasteiger partial charge on any atom is 0.224 e. The first kappa shape index (κ1) is 12.7. The predicted molar refractivity (Wildman–Crippen MR) is 72.0 cm³/mol. The maximum atomic E-state index is 11.0. The number of carbonyl (C=O) groups excluding carboxylic acids is 1. The van der Waals surface area contributed by atoms with Crippen molar-refractivity contribution in [2.45, 2.75) is 0 Å². The predicted octanol–water partition coefficient (Wildman–Crippen LogP) is 3.66. The van der Waals surface area contributed by atoms with Gasteiger partial charge in [-0.3, -0.25) is 4.79 Å². The molecule has 1 heterocycles. The number of benzene rings is 1. The summed E-state index contributed by atoms with van der Waals surface area (Å²) >= 11 is 11.6. The van der Waals surface area contributed by atoms with E-state index in [4.69, 9.17) is 23.2 Å². The van der Waals surface area contributed by atoms with E-state index in [1.54, 1.807) is 0 Å². The van der Waals surface area contributed by atoms with Gasteiger partial charge < -0.3 is 0 Å². The molecule has 1 aromatic carbocycles. The summed E-state index contributed by atoms with van der Waals surface area (Å²) in [5, 5.41) is 0.00904. The third kappa shape index (κ3) is 2.42. The molecule has 0 unspecified atom stereocenters. The third-order valence-electron chi connectivity index (χ3n) is 2.40. The second-order valence-electron chi connectivity index (χ2n) is 3.51. The van der Waals surface area contributed by atoms with Crippen LogP contribution in [0.2, 0.25) is 10.4 Å². The van der Waals surface area contributed by atoms with Crippen LogP contribution in [0.15, 0.2) is 36.9 Å². The molecule has 3 nitrogen and oxygen atoms in total. The highest BCUT2D eigenvalue weighted by Crippen LogP contribution is 2.26. The minimum absolute atomic E-state index is 0.0160. The molecule has 0 spiro atoms. The molecule has 0 saturated heterocycles. The van der Waals surface area contributed by atoms with E-state index in [2.05, 4.69) is 16.5 Å². The average molecular weight is 279 g/mol. The Bertz CT molecular complexity index is 612. The smallest absolute Gasteiger partial charge is 0.224 e. The van der Waals surface area contributed by atoms with Crippen LogP contribution in [0, 0.1) is 0 Å². The SMILES string of the molecule is C=C(c1ccccc1)c1nc(Cl)nc(Cl)c1C=O. The Morgan fingerprint density at radius 2 is 1.83 bits per heavy atom. The van der Waals surface area contributed by atoms with Gasteiger partial charge in [0.05, 0.1) is 11.3 Å². The Kier molecular flexibility index (Phi) is 3.75. The van der Waals surface area contributed by atoms with E-state index in [0.717, 1.165) is 5.56 Å². The van der Waals surface area contributed by atoms with E-state index in [9.17, 15) is 4.79 Å². The van der Waals surface area contributed by atoms with Crippen molar-refractivity contribution in [1.29, 1.82) is 0 Å². The molecular weight excluding hydrogens is 271 g/mol. The number of rotatable bonds is 3. The summed E-state index contributed by atoms with van der Waals surface area (Å²) in [6.07, 6.45) is 0.599. The topological polar surface area (TPSA) is 42.9 Å². The molecule has 2 aromatic rings. The van der Waals surface area contributed by atoms with Gasteiger partial charge in [-0.1, -0.05) is 48.5 Å². The lowest BCUT2D eigenvalue weighted by Crippen LogP contribution is -2.01. The lowest BCUT2D eigenvalue weighted by Gasteiger charge is -2.09. The van der Waals surface area contributed by atoms with E-state index < -0.39 is 0 Å². The number of hydrogen-bond donors (Lipinski definition) is 0. The highest BCUT2D eigenvalue weighted by Gasteiger charge is 2.15. The van der Waals surface area contributed by atoms with Crippen molar-refractivity contribution < 1.29 is 4.79 Å². The van der Waals surface area contributed by atoms with Crippen LogP contribution in [0.1, 0.15) is 21.6 Å². The maximum absolute atomic E-state index is 11.0. The highest BCUT2D eigenvalue weighted by molar-refractivity contribution is 6.33. The molecule has 18 heavy (non-hydrogen) atoms. The van der Waals surface area contributed by atoms with Gasteiger partial charge in [0, 0.05) is 5.57 Å². The van der Waals surface area contributed by atoms with Gasteiger partial charge in [-0.15, -0.1) is 0 Å². The molecule has 0 aliphatic rings. The summed E-state index contributed by atoms with van der Waals surface area (Å²) in [4.78, 5) is 18.8. The van der Waals surface area contributed by atoms with Crippen LogP contribution in [0.25, 0.3) is 5.57 Å². The average Bonchev–Trinajstić information content (AvgIpc) is 2.38. The van der Waals surface area contributed by atoms with E-state index in [1.807, 2.05) is 30.3 Å². The van der Waals surface area contributed by atoms with Crippen LogP contribution in [0.4, 0.5) is 0 Å². The van der Waals surface area contributed by atoms with Crippen molar-refractivity contribution in [3.05, 3.63) is 64.2 Å². The molecule has 0 aliphatic heterocycles. The minimum Gasteiger partial charge on any atom is -0.298 e. The number of hydrogen-bond acceptors (Lipinski definition) is 3. The number of carbonyl (C=O) groups is 1. The van der Waals surface area contributed by atoms with Crippen LogP contribution in [0.3, 0.4) is 0 Å². The van der Waals surface area contributed by atoms with Crippen LogP contribution >= 0.6 is 23.2 Å². The Morgan fingerprint density at radius 3 is 2.44 bits per heavy atom. The van der Waals surface area contributed by atoms with Gasteiger partial charge in [0.15, 0.2) is 6.29 Å². The number of nitrogens with zero attached hydrogens (tertiary/aromatic N) is 2. The normalized spacial score (nSPS) is 10.1. The Hall–Kier alpha value is -1.71. The lowest BCUT2D eigenvalue weighted by atomic mass is 10.0. The van der Waals surface area contributed by atoms with Crippen LogP contribution < -0.4 is 0 Å². The second-order valence-corrected chi connectivity index (χ2v) is 4.20. The standard InChI is InChI=1S/C13H8Cl2N2O/c1-8(9-5-3-2-4-6-9)11-10(7-18)12(14)17-13(15)16-11/h2-7H,1H2. The monoisotopic (exact) mass is 278 g/mol. The minimum atomic E-state index is -0.0160. The Labute approximate surface area is 114 Å². The van der Waals surface area contributed by atoms with Crippen molar-refractivity contribution in [3.8, 4) is 0 Å². The molecule has 0 amide bonds. The highest BCUT2D eigenvalue weighted by atomic mass is 35.5. The van der Waals surface area contributed by atoms with Gasteiger partial charge in [-0.05, 0) is 17.2 Å². The van der Waals surface area contributed by atoms with Crippen LogP contribution in [0.5, 0.6) is 0 Å². The molecule has 0 fully saturated rings. The third-order valence-corrected chi connectivity index (χ3v) is 2.85. The van der Waals surface area contributed by atoms with Crippen molar-refractivity contribution in [2.24, 2.45) is 0 Å². The van der Waals surface area contributed by atoms with Crippen molar-refractivity contribution in [2.75, 3.05) is 0 Å². The first-order chi connectivity index (χ1) is 8.63. The Morgan fingerprint density at radius 1 is 1.17 bits per heavy atom. The van der Waals surface area contributed by atoms with Crippen LogP contribution in [-0.2, 0) is 0 Å². The fraction of sp³-hybridized carbons (Fsp3) is 0. The van der Waals surface area contributed by atoms with Crippen LogP contribution in [-0.4, -0.2) is 16.3 Å². The number of aromatic nitrogens is 2. The van der Waals surface area contributed by atoms with E-state index >= 15 is 0 Å². The zero-order chi connectivity index (χ0) is 13.1.